The Morgan fingerprint density at radius 2 is 2.29 bits per heavy atom. The zero-order valence-electron chi connectivity index (χ0n) is 11.0. The van der Waals surface area contributed by atoms with Crippen molar-refractivity contribution in [2.75, 3.05) is 13.2 Å². The lowest BCUT2D eigenvalue weighted by Gasteiger charge is -2.33. The number of rotatable bonds is 5. The average molecular weight is 239 g/mol. The van der Waals surface area contributed by atoms with Gasteiger partial charge in [-0.1, -0.05) is 0 Å². The highest BCUT2D eigenvalue weighted by Gasteiger charge is 2.33. The van der Waals surface area contributed by atoms with E-state index in [1.54, 1.807) is 0 Å². The lowest BCUT2D eigenvalue weighted by atomic mass is 9.84. The monoisotopic (exact) mass is 239 g/mol. The normalized spacial score (nSPS) is 33.8. The molecule has 2 aliphatic heterocycles. The van der Waals surface area contributed by atoms with E-state index in [2.05, 4.69) is 12.2 Å². The van der Waals surface area contributed by atoms with Crippen LogP contribution in [0.25, 0.3) is 0 Å². The molecule has 0 aromatic heterocycles. The molecule has 1 N–H and O–H groups in total. The molecule has 98 valence electrons. The largest absolute Gasteiger partial charge is 0.378 e. The molecule has 0 aliphatic carbocycles. The lowest BCUT2D eigenvalue weighted by Crippen LogP contribution is -2.52. The molecule has 0 amide bonds. The van der Waals surface area contributed by atoms with Gasteiger partial charge in [0.25, 0.3) is 0 Å². The Balaban J connectivity index is 1.68. The number of nitrogens with one attached hydrogen (secondary N) is 1. The second kappa shape index (κ2) is 5.96. The van der Waals surface area contributed by atoms with E-state index < -0.39 is 0 Å². The molecule has 2 unspecified atom stereocenters. The Hall–Kier alpha value is -0.410. The van der Waals surface area contributed by atoms with Crippen molar-refractivity contribution in [2.45, 2.75) is 69.9 Å². The van der Waals surface area contributed by atoms with E-state index in [1.807, 2.05) is 0 Å². The van der Waals surface area contributed by atoms with Gasteiger partial charge in [0, 0.05) is 13.0 Å². The Kier molecular flexibility index (Phi) is 4.57. The van der Waals surface area contributed by atoms with Gasteiger partial charge < -0.3 is 10.1 Å². The molecule has 0 aromatic carbocycles. The summed E-state index contributed by atoms with van der Waals surface area (Å²) >= 11 is 0. The molecular weight excluding hydrogens is 214 g/mol. The zero-order chi connectivity index (χ0) is 12.1. The van der Waals surface area contributed by atoms with Gasteiger partial charge in [0.2, 0.25) is 0 Å². The van der Waals surface area contributed by atoms with E-state index in [9.17, 15) is 4.79 Å². The van der Waals surface area contributed by atoms with Gasteiger partial charge in [-0.2, -0.15) is 0 Å². The number of ketones is 1. The maximum Gasteiger partial charge on any atom is 0.152 e. The van der Waals surface area contributed by atoms with Gasteiger partial charge in [-0.15, -0.1) is 0 Å². The molecule has 0 spiro atoms. The van der Waals surface area contributed by atoms with Crippen molar-refractivity contribution >= 4 is 5.78 Å². The number of ether oxygens (including phenoxy) is 1. The minimum absolute atomic E-state index is 0.241. The topological polar surface area (TPSA) is 38.3 Å². The number of hydrogen-bond acceptors (Lipinski definition) is 3. The molecule has 0 bridgehead atoms. The number of piperidine rings is 1. The second-order valence-corrected chi connectivity index (χ2v) is 5.67. The van der Waals surface area contributed by atoms with Crippen LogP contribution in [0.4, 0.5) is 0 Å². The molecule has 0 radical (unpaired) electrons. The fourth-order valence-electron chi connectivity index (χ4n) is 2.93. The molecule has 0 saturated carbocycles. The van der Waals surface area contributed by atoms with Crippen LogP contribution in [0.15, 0.2) is 0 Å². The van der Waals surface area contributed by atoms with Gasteiger partial charge in [-0.05, 0) is 58.4 Å². The molecule has 2 saturated heterocycles. The summed E-state index contributed by atoms with van der Waals surface area (Å²) in [4.78, 5) is 12.2. The van der Waals surface area contributed by atoms with Crippen molar-refractivity contribution < 1.29 is 9.53 Å². The van der Waals surface area contributed by atoms with E-state index >= 15 is 0 Å². The van der Waals surface area contributed by atoms with E-state index in [0.29, 0.717) is 18.3 Å². The number of carbonyl (C=O) groups excluding carboxylic acids is 1. The highest BCUT2D eigenvalue weighted by atomic mass is 16.5. The van der Waals surface area contributed by atoms with Gasteiger partial charge in [-0.25, -0.2) is 0 Å². The van der Waals surface area contributed by atoms with Gasteiger partial charge in [0.15, 0.2) is 5.78 Å². The van der Waals surface area contributed by atoms with Crippen LogP contribution in [0.3, 0.4) is 0 Å². The molecule has 2 heterocycles. The van der Waals surface area contributed by atoms with E-state index in [4.69, 9.17) is 4.74 Å². The fraction of sp³-hybridized carbons (Fsp3) is 0.929. The maximum absolute atomic E-state index is 12.2. The highest BCUT2D eigenvalue weighted by Crippen LogP contribution is 2.23. The summed E-state index contributed by atoms with van der Waals surface area (Å²) in [6.07, 6.45) is 8.95. The van der Waals surface area contributed by atoms with Crippen molar-refractivity contribution in [3.05, 3.63) is 0 Å². The number of carbonyl (C=O) groups is 1. The second-order valence-electron chi connectivity index (χ2n) is 5.67. The summed E-state index contributed by atoms with van der Waals surface area (Å²) in [7, 11) is 0. The van der Waals surface area contributed by atoms with Crippen molar-refractivity contribution in [2.24, 2.45) is 0 Å². The van der Waals surface area contributed by atoms with Crippen LogP contribution in [0.5, 0.6) is 0 Å². The molecule has 2 rings (SSSR count). The number of Topliss-reactive ketones (excluding diaryl/α,β-unsaturated/α-hetero) is 1. The first kappa shape index (κ1) is 13.0. The molecule has 17 heavy (non-hydrogen) atoms. The predicted octanol–water partition coefficient (Wildman–Crippen LogP) is 2.44. The first-order chi connectivity index (χ1) is 8.21. The van der Waals surface area contributed by atoms with E-state index in [0.717, 1.165) is 32.4 Å². The van der Waals surface area contributed by atoms with Crippen molar-refractivity contribution in [3.8, 4) is 0 Å². The third-order valence-corrected chi connectivity index (χ3v) is 4.19. The molecule has 2 atom stereocenters. The van der Waals surface area contributed by atoms with Crippen LogP contribution in [0.1, 0.15) is 58.3 Å². The first-order valence-electron chi connectivity index (χ1n) is 7.11. The van der Waals surface area contributed by atoms with Crippen LogP contribution < -0.4 is 5.32 Å². The Labute approximate surface area is 104 Å². The van der Waals surface area contributed by atoms with E-state index in [1.165, 1.54) is 25.7 Å². The Bertz CT molecular complexity index is 253. The van der Waals surface area contributed by atoms with Gasteiger partial charge in [0.1, 0.15) is 0 Å². The third kappa shape index (κ3) is 3.52. The Morgan fingerprint density at radius 1 is 1.41 bits per heavy atom. The lowest BCUT2D eigenvalue weighted by molar-refractivity contribution is -0.125. The summed E-state index contributed by atoms with van der Waals surface area (Å²) in [5.41, 5.74) is -0.241. The van der Waals surface area contributed by atoms with Gasteiger partial charge >= 0.3 is 0 Å². The first-order valence-corrected chi connectivity index (χ1v) is 7.11. The molecule has 3 nitrogen and oxygen atoms in total. The van der Waals surface area contributed by atoms with Crippen LogP contribution >= 0.6 is 0 Å². The Morgan fingerprint density at radius 3 is 2.94 bits per heavy atom. The average Bonchev–Trinajstić information content (AvgIpc) is 2.83. The summed E-state index contributed by atoms with van der Waals surface area (Å²) < 4.78 is 5.58. The van der Waals surface area contributed by atoms with Gasteiger partial charge in [-0.3, -0.25) is 4.79 Å². The van der Waals surface area contributed by atoms with Crippen LogP contribution in [0, 0.1) is 0 Å². The summed E-state index contributed by atoms with van der Waals surface area (Å²) in [5.74, 6) is 0.398. The highest BCUT2D eigenvalue weighted by molar-refractivity contribution is 5.88. The van der Waals surface area contributed by atoms with Crippen LogP contribution in [0.2, 0.25) is 0 Å². The standard InChI is InChI=1S/C14H25NO2/c1-14(9-2-3-10-15-14)13(16)8-4-6-12-7-5-11-17-12/h12,15H,2-11H2,1H3. The molecule has 2 fully saturated rings. The predicted molar refractivity (Wildman–Crippen MR) is 68.1 cm³/mol. The summed E-state index contributed by atoms with van der Waals surface area (Å²) in [5, 5.41) is 3.39. The van der Waals surface area contributed by atoms with Gasteiger partial charge in [0.05, 0.1) is 11.6 Å². The molecule has 0 aromatic rings. The van der Waals surface area contributed by atoms with Crippen molar-refractivity contribution in [1.82, 2.24) is 5.32 Å². The van der Waals surface area contributed by atoms with E-state index in [-0.39, 0.29) is 5.54 Å². The minimum atomic E-state index is -0.241. The smallest absolute Gasteiger partial charge is 0.152 e. The van der Waals surface area contributed by atoms with Crippen molar-refractivity contribution in [1.29, 1.82) is 0 Å². The molecular formula is C14H25NO2. The third-order valence-electron chi connectivity index (χ3n) is 4.19. The zero-order valence-corrected chi connectivity index (χ0v) is 11.0. The number of hydrogen-bond donors (Lipinski definition) is 1. The minimum Gasteiger partial charge on any atom is -0.378 e. The summed E-state index contributed by atoms with van der Waals surface area (Å²) in [6, 6.07) is 0. The molecule has 3 heteroatoms. The maximum atomic E-state index is 12.2. The quantitative estimate of drug-likeness (QED) is 0.801. The van der Waals surface area contributed by atoms with Crippen LogP contribution in [-0.2, 0) is 9.53 Å². The molecule has 2 aliphatic rings. The SMILES string of the molecule is CC1(C(=O)CCCC2CCCO2)CCCCN1. The summed E-state index contributed by atoms with van der Waals surface area (Å²) in [6.45, 7) is 3.98. The fourth-order valence-corrected chi connectivity index (χ4v) is 2.93. The van der Waals surface area contributed by atoms with Crippen molar-refractivity contribution in [3.63, 3.8) is 0 Å². The van der Waals surface area contributed by atoms with Crippen LogP contribution in [-0.4, -0.2) is 30.6 Å².